The van der Waals surface area contributed by atoms with E-state index < -0.39 is 0 Å². The molecule has 5 nitrogen and oxygen atoms in total. The Morgan fingerprint density at radius 1 is 0.900 bits per heavy atom. The molecule has 0 aliphatic rings. The molecule has 0 saturated heterocycles. The van der Waals surface area contributed by atoms with E-state index in [9.17, 15) is 4.79 Å². The van der Waals surface area contributed by atoms with Crippen molar-refractivity contribution in [3.8, 4) is 11.5 Å². The Morgan fingerprint density at radius 3 is 2.40 bits per heavy atom. The van der Waals surface area contributed by atoms with E-state index in [1.807, 2.05) is 49.4 Å². The van der Waals surface area contributed by atoms with Crippen LogP contribution in [0.25, 0.3) is 0 Å². The number of hydrogen-bond donors (Lipinski definition) is 2. The lowest BCUT2D eigenvalue weighted by molar-refractivity contribution is 0.0977. The number of carbonyl (C=O) groups excluding carboxylic acids is 1. The first-order valence-corrected chi connectivity index (χ1v) is 10.2. The van der Waals surface area contributed by atoms with Crippen LogP contribution in [0.15, 0.2) is 78.9 Å². The van der Waals surface area contributed by atoms with Gasteiger partial charge in [0.15, 0.2) is 5.11 Å². The molecule has 0 heterocycles. The van der Waals surface area contributed by atoms with Crippen molar-refractivity contribution in [2.75, 3.05) is 18.5 Å². The molecule has 0 aliphatic carbocycles. The quantitative estimate of drug-likeness (QED) is 0.511. The molecule has 0 saturated carbocycles. The van der Waals surface area contributed by atoms with Gasteiger partial charge in [0.05, 0.1) is 13.2 Å². The van der Waals surface area contributed by atoms with E-state index >= 15 is 0 Å². The third-order valence-electron chi connectivity index (χ3n) is 4.25. The molecule has 0 aliphatic heterocycles. The number of ether oxygens (including phenoxy) is 2. The highest BCUT2D eigenvalue weighted by Gasteiger charge is 2.09. The molecule has 0 spiro atoms. The molecule has 0 fully saturated rings. The van der Waals surface area contributed by atoms with Crippen molar-refractivity contribution in [2.45, 2.75) is 13.3 Å². The molecule has 0 unspecified atom stereocenters. The molecule has 2 N–H and O–H groups in total. The van der Waals surface area contributed by atoms with Crippen LogP contribution in [-0.4, -0.2) is 24.2 Å². The van der Waals surface area contributed by atoms with E-state index in [0.717, 1.165) is 17.9 Å². The first kappa shape index (κ1) is 21.3. The lowest BCUT2D eigenvalue weighted by Gasteiger charge is -2.11. The molecule has 0 atom stereocenters. The van der Waals surface area contributed by atoms with Gasteiger partial charge in [0.25, 0.3) is 5.91 Å². The Balaban J connectivity index is 1.47. The van der Waals surface area contributed by atoms with Gasteiger partial charge in [0, 0.05) is 17.7 Å². The summed E-state index contributed by atoms with van der Waals surface area (Å²) in [7, 11) is 0. The number of hydrogen-bond acceptors (Lipinski definition) is 4. The van der Waals surface area contributed by atoms with E-state index in [0.29, 0.717) is 24.5 Å². The van der Waals surface area contributed by atoms with Crippen molar-refractivity contribution < 1.29 is 14.3 Å². The third kappa shape index (κ3) is 6.60. The van der Waals surface area contributed by atoms with Gasteiger partial charge in [-0.2, -0.15) is 0 Å². The van der Waals surface area contributed by atoms with Crippen LogP contribution >= 0.6 is 12.2 Å². The van der Waals surface area contributed by atoms with Crippen LogP contribution in [0.3, 0.4) is 0 Å². The number of rotatable bonds is 8. The molecular weight excluding hydrogens is 396 g/mol. The standard InChI is InChI=1S/C24H24N2O3S/c1-2-28-22-10-6-9-19(17-22)23(27)26-24(30)25-20-11-13-21(14-12-20)29-16-15-18-7-4-3-5-8-18/h3-14,17H,2,15-16H2,1H3,(H2,25,26,27,30). The maximum atomic E-state index is 12.4. The zero-order valence-corrected chi connectivity index (χ0v) is 17.6. The number of carbonyl (C=O) groups is 1. The second-order valence-corrected chi connectivity index (χ2v) is 6.89. The molecule has 0 radical (unpaired) electrons. The fourth-order valence-electron chi connectivity index (χ4n) is 2.80. The topological polar surface area (TPSA) is 59.6 Å². The van der Waals surface area contributed by atoms with E-state index in [1.165, 1.54) is 5.56 Å². The fourth-order valence-corrected chi connectivity index (χ4v) is 3.01. The van der Waals surface area contributed by atoms with Crippen LogP contribution in [0.4, 0.5) is 5.69 Å². The number of amides is 1. The minimum absolute atomic E-state index is 0.222. The van der Waals surface area contributed by atoms with Gasteiger partial charge in [-0.25, -0.2) is 0 Å². The van der Waals surface area contributed by atoms with Gasteiger partial charge in [0.1, 0.15) is 11.5 Å². The number of thiocarbonyl (C=S) groups is 1. The van der Waals surface area contributed by atoms with E-state index in [4.69, 9.17) is 21.7 Å². The highest BCUT2D eigenvalue weighted by Crippen LogP contribution is 2.17. The first-order chi connectivity index (χ1) is 14.6. The number of benzene rings is 3. The summed E-state index contributed by atoms with van der Waals surface area (Å²) < 4.78 is 11.2. The Hall–Kier alpha value is -3.38. The van der Waals surface area contributed by atoms with Crippen LogP contribution in [0.2, 0.25) is 0 Å². The van der Waals surface area contributed by atoms with Crippen LogP contribution in [0.5, 0.6) is 11.5 Å². The van der Waals surface area contributed by atoms with Crippen molar-refractivity contribution in [1.29, 1.82) is 0 Å². The molecule has 0 aromatic heterocycles. The summed E-state index contributed by atoms with van der Waals surface area (Å²) >= 11 is 5.25. The molecule has 1 amide bonds. The predicted octanol–water partition coefficient (Wildman–Crippen LogP) is 4.83. The van der Waals surface area contributed by atoms with Gasteiger partial charge in [-0.3, -0.25) is 10.1 Å². The Labute approximate surface area is 182 Å². The zero-order valence-electron chi connectivity index (χ0n) is 16.8. The molecule has 6 heteroatoms. The molecule has 0 bridgehead atoms. The third-order valence-corrected chi connectivity index (χ3v) is 4.45. The van der Waals surface area contributed by atoms with E-state index in [2.05, 4.69) is 22.8 Å². The van der Waals surface area contributed by atoms with E-state index in [1.54, 1.807) is 24.3 Å². The van der Waals surface area contributed by atoms with Crippen molar-refractivity contribution in [3.63, 3.8) is 0 Å². The van der Waals surface area contributed by atoms with Crippen molar-refractivity contribution in [2.24, 2.45) is 0 Å². The highest BCUT2D eigenvalue weighted by molar-refractivity contribution is 7.80. The molecule has 154 valence electrons. The smallest absolute Gasteiger partial charge is 0.257 e. The monoisotopic (exact) mass is 420 g/mol. The number of nitrogens with one attached hydrogen (secondary N) is 2. The van der Waals surface area contributed by atoms with Gasteiger partial charge in [-0.05, 0) is 67.2 Å². The van der Waals surface area contributed by atoms with Crippen LogP contribution in [0, 0.1) is 0 Å². The molecule has 30 heavy (non-hydrogen) atoms. The summed E-state index contributed by atoms with van der Waals surface area (Å²) in [6.45, 7) is 3.04. The Kier molecular flexibility index (Phi) is 7.80. The van der Waals surface area contributed by atoms with Crippen LogP contribution < -0.4 is 20.1 Å². The van der Waals surface area contributed by atoms with Crippen molar-refractivity contribution in [3.05, 3.63) is 90.0 Å². The van der Waals surface area contributed by atoms with Gasteiger partial charge in [0.2, 0.25) is 0 Å². The Bertz CT molecular complexity index is 975. The molecule has 3 aromatic carbocycles. The van der Waals surface area contributed by atoms with Crippen molar-refractivity contribution in [1.82, 2.24) is 5.32 Å². The minimum Gasteiger partial charge on any atom is -0.494 e. The van der Waals surface area contributed by atoms with Gasteiger partial charge < -0.3 is 14.8 Å². The number of anilines is 1. The largest absolute Gasteiger partial charge is 0.494 e. The van der Waals surface area contributed by atoms with Crippen LogP contribution in [-0.2, 0) is 6.42 Å². The second kappa shape index (κ2) is 11.0. The van der Waals surface area contributed by atoms with Gasteiger partial charge in [-0.15, -0.1) is 0 Å². The minimum atomic E-state index is -0.296. The normalized spacial score (nSPS) is 10.2. The molecule has 3 rings (SSSR count). The SMILES string of the molecule is CCOc1cccc(C(=O)NC(=S)Nc2ccc(OCCc3ccccc3)cc2)c1. The summed E-state index contributed by atoms with van der Waals surface area (Å²) in [5, 5.41) is 5.90. The fraction of sp³-hybridized carbons (Fsp3) is 0.167. The lowest BCUT2D eigenvalue weighted by Crippen LogP contribution is -2.34. The molecule has 3 aromatic rings. The predicted molar refractivity (Wildman–Crippen MR) is 123 cm³/mol. The maximum Gasteiger partial charge on any atom is 0.257 e. The summed E-state index contributed by atoms with van der Waals surface area (Å²) in [6.07, 6.45) is 0.849. The van der Waals surface area contributed by atoms with Gasteiger partial charge >= 0.3 is 0 Å². The second-order valence-electron chi connectivity index (χ2n) is 6.48. The lowest BCUT2D eigenvalue weighted by atomic mass is 10.2. The first-order valence-electron chi connectivity index (χ1n) is 9.76. The summed E-state index contributed by atoms with van der Waals surface area (Å²) in [5.41, 5.74) is 2.48. The maximum absolute atomic E-state index is 12.4. The summed E-state index contributed by atoms with van der Waals surface area (Å²) in [5.74, 6) is 1.13. The Morgan fingerprint density at radius 2 is 1.67 bits per heavy atom. The van der Waals surface area contributed by atoms with Crippen molar-refractivity contribution >= 4 is 28.9 Å². The average molecular weight is 421 g/mol. The van der Waals surface area contributed by atoms with E-state index in [-0.39, 0.29) is 11.0 Å². The summed E-state index contributed by atoms with van der Waals surface area (Å²) in [6, 6.07) is 24.6. The van der Waals surface area contributed by atoms with Crippen LogP contribution in [0.1, 0.15) is 22.8 Å². The summed E-state index contributed by atoms with van der Waals surface area (Å²) in [4.78, 5) is 12.4. The average Bonchev–Trinajstić information content (AvgIpc) is 2.76. The molecular formula is C24H24N2O3S. The van der Waals surface area contributed by atoms with Gasteiger partial charge in [-0.1, -0.05) is 36.4 Å². The highest BCUT2D eigenvalue weighted by atomic mass is 32.1. The zero-order chi connectivity index (χ0) is 21.2.